The highest BCUT2D eigenvalue weighted by Gasteiger charge is 2.29. The van der Waals surface area contributed by atoms with Crippen molar-refractivity contribution in [1.82, 2.24) is 14.5 Å². The van der Waals surface area contributed by atoms with E-state index in [9.17, 15) is 18.0 Å². The Kier molecular flexibility index (Phi) is 6.53. The highest BCUT2D eigenvalue weighted by atomic mass is 32.2. The van der Waals surface area contributed by atoms with E-state index in [1.807, 2.05) is 42.5 Å². The first-order valence-electron chi connectivity index (χ1n) is 10.5. The standard InChI is InChI=1S/C24H25N3O4S/c28-23(17-20-9-6-8-19-7-4-5-12-22(19)20)25-18-24(29)26-13-15-27(16-14-26)32(30,31)21-10-2-1-3-11-21/h1-12H,13-18H2,(H,25,28). The van der Waals surface area contributed by atoms with Crippen LogP contribution < -0.4 is 5.32 Å². The van der Waals surface area contributed by atoms with Crippen LogP contribution in [0.5, 0.6) is 0 Å². The molecule has 3 aromatic rings. The zero-order chi connectivity index (χ0) is 22.6. The molecule has 3 aromatic carbocycles. The molecule has 4 rings (SSSR count). The first-order valence-corrected chi connectivity index (χ1v) is 12.0. The highest BCUT2D eigenvalue weighted by Crippen LogP contribution is 2.19. The molecule has 0 atom stereocenters. The van der Waals surface area contributed by atoms with E-state index >= 15 is 0 Å². The minimum Gasteiger partial charge on any atom is -0.347 e. The van der Waals surface area contributed by atoms with E-state index in [2.05, 4.69) is 5.32 Å². The third kappa shape index (κ3) is 4.81. The van der Waals surface area contributed by atoms with Crippen LogP contribution in [0.1, 0.15) is 5.56 Å². The van der Waals surface area contributed by atoms with Gasteiger partial charge in [-0.3, -0.25) is 9.59 Å². The molecule has 166 valence electrons. The second kappa shape index (κ2) is 9.50. The summed E-state index contributed by atoms with van der Waals surface area (Å²) in [5, 5.41) is 4.79. The minimum absolute atomic E-state index is 0.102. The summed E-state index contributed by atoms with van der Waals surface area (Å²) >= 11 is 0. The van der Waals surface area contributed by atoms with Crippen LogP contribution in [-0.2, 0) is 26.0 Å². The van der Waals surface area contributed by atoms with Crippen molar-refractivity contribution >= 4 is 32.6 Å². The van der Waals surface area contributed by atoms with Crippen molar-refractivity contribution in [1.29, 1.82) is 0 Å². The Morgan fingerprint density at radius 3 is 2.22 bits per heavy atom. The van der Waals surface area contributed by atoms with Crippen LogP contribution in [0.15, 0.2) is 77.7 Å². The number of amides is 2. The number of carbonyl (C=O) groups excluding carboxylic acids is 2. The van der Waals surface area contributed by atoms with Crippen LogP contribution in [-0.4, -0.2) is 62.2 Å². The van der Waals surface area contributed by atoms with Crippen LogP contribution in [0.25, 0.3) is 10.8 Å². The zero-order valence-electron chi connectivity index (χ0n) is 17.6. The van der Waals surface area contributed by atoms with E-state index < -0.39 is 10.0 Å². The second-order valence-corrected chi connectivity index (χ2v) is 9.63. The van der Waals surface area contributed by atoms with Gasteiger partial charge in [-0.2, -0.15) is 4.31 Å². The number of nitrogens with one attached hydrogen (secondary N) is 1. The normalized spacial score (nSPS) is 14.9. The lowest BCUT2D eigenvalue weighted by molar-refractivity contribution is -0.133. The molecule has 0 saturated carbocycles. The monoisotopic (exact) mass is 451 g/mol. The molecule has 0 spiro atoms. The Balaban J connectivity index is 1.28. The quantitative estimate of drug-likeness (QED) is 0.621. The van der Waals surface area contributed by atoms with E-state index in [1.54, 1.807) is 35.2 Å². The number of hydrogen-bond donors (Lipinski definition) is 1. The van der Waals surface area contributed by atoms with E-state index in [-0.39, 0.29) is 42.8 Å². The van der Waals surface area contributed by atoms with Crippen molar-refractivity contribution < 1.29 is 18.0 Å². The highest BCUT2D eigenvalue weighted by molar-refractivity contribution is 7.89. The largest absolute Gasteiger partial charge is 0.347 e. The number of sulfonamides is 1. The van der Waals surface area contributed by atoms with Crippen LogP contribution in [0, 0.1) is 0 Å². The summed E-state index contributed by atoms with van der Waals surface area (Å²) in [5.41, 5.74) is 0.910. The van der Waals surface area contributed by atoms with Gasteiger partial charge in [-0.05, 0) is 28.5 Å². The molecule has 0 radical (unpaired) electrons. The van der Waals surface area contributed by atoms with Gasteiger partial charge in [0.05, 0.1) is 17.9 Å². The SMILES string of the molecule is O=C(Cc1cccc2ccccc12)NCC(=O)N1CCN(S(=O)(=O)c2ccccc2)CC1. The van der Waals surface area contributed by atoms with Crippen molar-refractivity contribution in [3.63, 3.8) is 0 Å². The molecule has 0 aromatic heterocycles. The summed E-state index contributed by atoms with van der Waals surface area (Å²) in [6.45, 7) is 0.947. The maximum Gasteiger partial charge on any atom is 0.243 e. The maximum absolute atomic E-state index is 12.7. The van der Waals surface area contributed by atoms with Crippen LogP contribution >= 0.6 is 0 Å². The number of nitrogens with zero attached hydrogens (tertiary/aromatic N) is 2. The van der Waals surface area contributed by atoms with Crippen molar-refractivity contribution in [2.45, 2.75) is 11.3 Å². The zero-order valence-corrected chi connectivity index (χ0v) is 18.4. The maximum atomic E-state index is 12.7. The molecule has 0 bridgehead atoms. The molecule has 1 aliphatic heterocycles. The van der Waals surface area contributed by atoms with Gasteiger partial charge in [0.2, 0.25) is 21.8 Å². The predicted molar refractivity (Wildman–Crippen MR) is 122 cm³/mol. The van der Waals surface area contributed by atoms with Crippen molar-refractivity contribution in [2.24, 2.45) is 0 Å². The van der Waals surface area contributed by atoms with Gasteiger partial charge >= 0.3 is 0 Å². The molecule has 0 aliphatic carbocycles. The minimum atomic E-state index is -3.56. The van der Waals surface area contributed by atoms with Gasteiger partial charge in [-0.15, -0.1) is 0 Å². The molecule has 7 nitrogen and oxygen atoms in total. The molecule has 1 fully saturated rings. The Labute approximate surface area is 187 Å². The van der Waals surface area contributed by atoms with E-state index in [1.165, 1.54) is 4.31 Å². The van der Waals surface area contributed by atoms with Crippen molar-refractivity contribution in [2.75, 3.05) is 32.7 Å². The van der Waals surface area contributed by atoms with Crippen LogP contribution in [0.4, 0.5) is 0 Å². The number of hydrogen-bond acceptors (Lipinski definition) is 4. The molecule has 1 N–H and O–H groups in total. The molecular formula is C24H25N3O4S. The third-order valence-electron chi connectivity index (χ3n) is 5.64. The average molecular weight is 452 g/mol. The molecule has 0 unspecified atom stereocenters. The first-order chi connectivity index (χ1) is 15.4. The summed E-state index contributed by atoms with van der Waals surface area (Å²) in [6, 6.07) is 22.0. The molecule has 1 heterocycles. The average Bonchev–Trinajstić information content (AvgIpc) is 2.83. The predicted octanol–water partition coefficient (Wildman–Crippen LogP) is 2.03. The smallest absolute Gasteiger partial charge is 0.243 e. The van der Waals surface area contributed by atoms with Gasteiger partial charge in [-0.25, -0.2) is 8.42 Å². The lowest BCUT2D eigenvalue weighted by Crippen LogP contribution is -2.52. The van der Waals surface area contributed by atoms with E-state index in [4.69, 9.17) is 0 Å². The number of fused-ring (bicyclic) bond motifs is 1. The number of benzene rings is 3. The second-order valence-electron chi connectivity index (χ2n) is 7.69. The fraction of sp³-hybridized carbons (Fsp3) is 0.250. The van der Waals surface area contributed by atoms with Crippen LogP contribution in [0.3, 0.4) is 0 Å². The summed E-state index contributed by atoms with van der Waals surface area (Å²) in [7, 11) is -3.56. The summed E-state index contributed by atoms with van der Waals surface area (Å²) < 4.78 is 26.8. The Hall–Kier alpha value is -3.23. The number of carbonyl (C=O) groups is 2. The number of piperazine rings is 1. The Morgan fingerprint density at radius 2 is 1.47 bits per heavy atom. The van der Waals surface area contributed by atoms with Gasteiger partial charge in [0.1, 0.15) is 0 Å². The molecule has 1 aliphatic rings. The van der Waals surface area contributed by atoms with Gasteiger partial charge in [0, 0.05) is 26.2 Å². The Bertz CT molecular complexity index is 1210. The first kappa shape index (κ1) is 22.0. The molecule has 1 saturated heterocycles. The molecule has 8 heteroatoms. The Morgan fingerprint density at radius 1 is 0.812 bits per heavy atom. The lowest BCUT2D eigenvalue weighted by Gasteiger charge is -2.34. The van der Waals surface area contributed by atoms with Gasteiger partial charge in [0.25, 0.3) is 0 Å². The summed E-state index contributed by atoms with van der Waals surface area (Å²) in [6.07, 6.45) is 0.192. The van der Waals surface area contributed by atoms with E-state index in [0.717, 1.165) is 16.3 Å². The number of rotatable bonds is 6. The third-order valence-corrected chi connectivity index (χ3v) is 7.55. The molecular weight excluding hydrogens is 426 g/mol. The molecule has 32 heavy (non-hydrogen) atoms. The van der Waals surface area contributed by atoms with Gasteiger partial charge < -0.3 is 10.2 Å². The fourth-order valence-electron chi connectivity index (χ4n) is 3.89. The topological polar surface area (TPSA) is 86.8 Å². The summed E-state index contributed by atoms with van der Waals surface area (Å²) in [5.74, 6) is -0.437. The van der Waals surface area contributed by atoms with E-state index in [0.29, 0.717) is 13.1 Å². The van der Waals surface area contributed by atoms with Crippen LogP contribution in [0.2, 0.25) is 0 Å². The van der Waals surface area contributed by atoms with Gasteiger partial charge in [0.15, 0.2) is 0 Å². The summed E-state index contributed by atoms with van der Waals surface area (Å²) in [4.78, 5) is 26.8. The molecule has 2 amide bonds. The van der Waals surface area contributed by atoms with Gasteiger partial charge in [-0.1, -0.05) is 60.7 Å². The van der Waals surface area contributed by atoms with Crippen molar-refractivity contribution in [3.8, 4) is 0 Å². The fourth-order valence-corrected chi connectivity index (χ4v) is 5.33. The van der Waals surface area contributed by atoms with Crippen molar-refractivity contribution in [3.05, 3.63) is 78.4 Å². The lowest BCUT2D eigenvalue weighted by atomic mass is 10.0.